The maximum absolute atomic E-state index is 13.4. The number of hydrogen-bond donors (Lipinski definition) is 0. The van der Waals surface area contributed by atoms with Crippen LogP contribution in [0.3, 0.4) is 0 Å². The maximum Gasteiger partial charge on any atom is 0.243 e. The minimum Gasteiger partial charge on any atom is -0.379 e. The Kier molecular flexibility index (Phi) is 5.43. The van der Waals surface area contributed by atoms with Crippen molar-refractivity contribution in [2.45, 2.75) is 49.2 Å². The van der Waals surface area contributed by atoms with E-state index >= 15 is 0 Å². The molecule has 0 amide bonds. The summed E-state index contributed by atoms with van der Waals surface area (Å²) in [6, 6.07) is 2.37. The molecule has 2 aliphatic heterocycles. The molecule has 1 spiro atoms. The third-order valence-electron chi connectivity index (χ3n) is 4.95. The van der Waals surface area contributed by atoms with E-state index in [9.17, 15) is 17.2 Å². The lowest BCUT2D eigenvalue weighted by Gasteiger charge is -2.38. The normalized spacial score (nSPS) is 24.0. The Hall–Kier alpha value is -1.09. The number of benzene rings is 1. The molecular formula is C17H23F2NO4S. The molecule has 1 aromatic rings. The summed E-state index contributed by atoms with van der Waals surface area (Å²) >= 11 is 0. The minimum atomic E-state index is -3.91. The first-order valence-electron chi connectivity index (χ1n) is 8.56. The molecule has 0 saturated carbocycles. The van der Waals surface area contributed by atoms with Gasteiger partial charge in [-0.05, 0) is 44.7 Å². The molecule has 0 radical (unpaired) electrons. The van der Waals surface area contributed by atoms with E-state index in [0.717, 1.165) is 25.0 Å². The standard InChI is InChI=1S/C17H23F2NO4S/c1-2-23-12-15-3-4-17(24-15)5-7-20(8-6-17)25(21,22)16-10-13(18)9-14(19)11-16/h9-11,15H,2-8,12H2,1H3. The van der Waals surface area contributed by atoms with Crippen LogP contribution >= 0.6 is 0 Å². The van der Waals surface area contributed by atoms with Crippen LogP contribution in [0.15, 0.2) is 23.1 Å². The van der Waals surface area contributed by atoms with Crippen molar-refractivity contribution in [1.29, 1.82) is 0 Å². The van der Waals surface area contributed by atoms with Gasteiger partial charge in [-0.15, -0.1) is 0 Å². The highest BCUT2D eigenvalue weighted by atomic mass is 32.2. The van der Waals surface area contributed by atoms with Crippen LogP contribution in [0, 0.1) is 11.6 Å². The van der Waals surface area contributed by atoms with E-state index in [0.29, 0.717) is 32.1 Å². The van der Waals surface area contributed by atoms with Crippen LogP contribution in [0.4, 0.5) is 8.78 Å². The number of nitrogens with zero attached hydrogens (tertiary/aromatic N) is 1. The average molecular weight is 375 g/mol. The van der Waals surface area contributed by atoms with Crippen LogP contribution in [0.25, 0.3) is 0 Å². The van der Waals surface area contributed by atoms with Gasteiger partial charge >= 0.3 is 0 Å². The number of ether oxygens (including phenoxy) is 2. The molecule has 140 valence electrons. The molecular weight excluding hydrogens is 352 g/mol. The maximum atomic E-state index is 13.4. The number of piperidine rings is 1. The number of sulfonamides is 1. The van der Waals surface area contributed by atoms with E-state index in [1.165, 1.54) is 4.31 Å². The van der Waals surface area contributed by atoms with Crippen LogP contribution in [-0.4, -0.2) is 50.7 Å². The predicted octanol–water partition coefficient (Wildman–Crippen LogP) is 2.70. The fraction of sp³-hybridized carbons (Fsp3) is 0.647. The average Bonchev–Trinajstić information content (AvgIpc) is 2.95. The van der Waals surface area contributed by atoms with Crippen LogP contribution in [-0.2, 0) is 19.5 Å². The lowest BCUT2D eigenvalue weighted by atomic mass is 9.89. The molecule has 1 atom stereocenters. The quantitative estimate of drug-likeness (QED) is 0.794. The zero-order valence-electron chi connectivity index (χ0n) is 14.2. The summed E-state index contributed by atoms with van der Waals surface area (Å²) < 4.78 is 64.8. The van der Waals surface area contributed by atoms with Crippen molar-refractivity contribution in [2.75, 3.05) is 26.3 Å². The van der Waals surface area contributed by atoms with Gasteiger partial charge in [0.2, 0.25) is 10.0 Å². The fourth-order valence-corrected chi connectivity index (χ4v) is 5.08. The Labute approximate surface area is 147 Å². The van der Waals surface area contributed by atoms with Gasteiger partial charge in [-0.2, -0.15) is 4.31 Å². The van der Waals surface area contributed by atoms with Crippen LogP contribution in [0.5, 0.6) is 0 Å². The van der Waals surface area contributed by atoms with Crippen molar-refractivity contribution in [3.05, 3.63) is 29.8 Å². The van der Waals surface area contributed by atoms with E-state index in [2.05, 4.69) is 0 Å². The Bertz CT molecular complexity index is 697. The topological polar surface area (TPSA) is 55.8 Å². The van der Waals surface area contributed by atoms with Crippen LogP contribution < -0.4 is 0 Å². The van der Waals surface area contributed by atoms with E-state index < -0.39 is 21.7 Å². The van der Waals surface area contributed by atoms with Crippen molar-refractivity contribution in [3.8, 4) is 0 Å². The molecule has 3 rings (SSSR count). The van der Waals surface area contributed by atoms with E-state index in [4.69, 9.17) is 9.47 Å². The Morgan fingerprint density at radius 1 is 1.20 bits per heavy atom. The van der Waals surface area contributed by atoms with Crippen LogP contribution in [0.1, 0.15) is 32.6 Å². The molecule has 0 N–H and O–H groups in total. The van der Waals surface area contributed by atoms with E-state index in [1.54, 1.807) is 0 Å². The number of halogens is 2. The highest BCUT2D eigenvalue weighted by molar-refractivity contribution is 7.89. The Balaban J connectivity index is 1.66. The van der Waals surface area contributed by atoms with Crippen molar-refractivity contribution in [1.82, 2.24) is 4.31 Å². The highest BCUT2D eigenvalue weighted by Crippen LogP contribution is 2.40. The Morgan fingerprint density at radius 2 is 1.84 bits per heavy atom. The van der Waals surface area contributed by atoms with E-state index in [-0.39, 0.29) is 29.7 Å². The largest absolute Gasteiger partial charge is 0.379 e. The second-order valence-electron chi connectivity index (χ2n) is 6.63. The molecule has 2 saturated heterocycles. The first-order chi connectivity index (χ1) is 11.8. The zero-order chi connectivity index (χ0) is 18.1. The van der Waals surface area contributed by atoms with Gasteiger partial charge in [-0.25, -0.2) is 17.2 Å². The molecule has 2 fully saturated rings. The fourth-order valence-electron chi connectivity index (χ4n) is 3.59. The van der Waals surface area contributed by atoms with E-state index in [1.807, 2.05) is 6.92 Å². The third-order valence-corrected chi connectivity index (χ3v) is 6.83. The zero-order valence-corrected chi connectivity index (χ0v) is 15.0. The molecule has 2 heterocycles. The summed E-state index contributed by atoms with van der Waals surface area (Å²) in [4.78, 5) is -0.345. The van der Waals surface area contributed by atoms with Gasteiger partial charge in [-0.3, -0.25) is 0 Å². The highest BCUT2D eigenvalue weighted by Gasteiger charge is 2.44. The number of hydrogen-bond acceptors (Lipinski definition) is 4. The molecule has 1 unspecified atom stereocenters. The first-order valence-corrected chi connectivity index (χ1v) is 10.0. The summed E-state index contributed by atoms with van der Waals surface area (Å²) in [6.45, 7) is 3.69. The summed E-state index contributed by atoms with van der Waals surface area (Å²) in [7, 11) is -3.91. The second kappa shape index (κ2) is 7.26. The molecule has 25 heavy (non-hydrogen) atoms. The van der Waals surface area contributed by atoms with Crippen molar-refractivity contribution in [2.24, 2.45) is 0 Å². The molecule has 0 bridgehead atoms. The SMILES string of the molecule is CCOCC1CCC2(CCN(S(=O)(=O)c3cc(F)cc(F)c3)CC2)O1. The molecule has 5 nitrogen and oxygen atoms in total. The molecule has 1 aromatic carbocycles. The van der Waals surface area contributed by atoms with Gasteiger partial charge in [0.1, 0.15) is 11.6 Å². The number of rotatable bonds is 5. The first kappa shape index (κ1) is 18.7. The van der Waals surface area contributed by atoms with Gasteiger partial charge in [0.05, 0.1) is 23.2 Å². The van der Waals surface area contributed by atoms with Gasteiger partial charge in [0.15, 0.2) is 0 Å². The van der Waals surface area contributed by atoms with Gasteiger partial charge < -0.3 is 9.47 Å². The van der Waals surface area contributed by atoms with Crippen molar-refractivity contribution < 1.29 is 26.7 Å². The molecule has 0 aliphatic carbocycles. The second-order valence-corrected chi connectivity index (χ2v) is 8.57. The summed E-state index contributed by atoms with van der Waals surface area (Å²) in [5, 5.41) is 0. The molecule has 8 heteroatoms. The van der Waals surface area contributed by atoms with Crippen LogP contribution in [0.2, 0.25) is 0 Å². The Morgan fingerprint density at radius 3 is 2.44 bits per heavy atom. The predicted molar refractivity (Wildman–Crippen MR) is 87.7 cm³/mol. The summed E-state index contributed by atoms with van der Waals surface area (Å²) in [5.74, 6) is -1.80. The molecule has 2 aliphatic rings. The summed E-state index contributed by atoms with van der Waals surface area (Å²) in [5.41, 5.74) is -0.305. The van der Waals surface area contributed by atoms with Gasteiger partial charge in [0, 0.05) is 25.8 Å². The molecule has 0 aromatic heterocycles. The van der Waals surface area contributed by atoms with Crippen molar-refractivity contribution >= 4 is 10.0 Å². The van der Waals surface area contributed by atoms with Crippen molar-refractivity contribution in [3.63, 3.8) is 0 Å². The van der Waals surface area contributed by atoms with Gasteiger partial charge in [0.25, 0.3) is 0 Å². The minimum absolute atomic E-state index is 0.0559. The van der Waals surface area contributed by atoms with Gasteiger partial charge in [-0.1, -0.05) is 0 Å². The summed E-state index contributed by atoms with van der Waals surface area (Å²) in [6.07, 6.45) is 2.99. The smallest absolute Gasteiger partial charge is 0.243 e. The lowest BCUT2D eigenvalue weighted by Crippen LogP contribution is -2.46. The monoisotopic (exact) mass is 375 g/mol. The third kappa shape index (κ3) is 4.02. The lowest BCUT2D eigenvalue weighted by molar-refractivity contribution is -0.0900.